The molecule has 1 aliphatic rings. The first-order valence-corrected chi connectivity index (χ1v) is 11.8. The number of hydrogen-bond acceptors (Lipinski definition) is 5. The molecule has 0 amide bonds. The molecule has 0 saturated heterocycles. The molecule has 0 radical (unpaired) electrons. The van der Waals surface area contributed by atoms with E-state index in [1.54, 1.807) is 17.5 Å². The quantitative estimate of drug-likeness (QED) is 0.403. The molecular formula is C24H24N6S. The van der Waals surface area contributed by atoms with Gasteiger partial charge in [-0.25, -0.2) is 14.6 Å². The second kappa shape index (κ2) is 7.81. The molecule has 6 rings (SSSR count). The van der Waals surface area contributed by atoms with Gasteiger partial charge in [0.15, 0.2) is 5.13 Å². The van der Waals surface area contributed by atoms with Crippen molar-refractivity contribution in [3.8, 4) is 5.69 Å². The van der Waals surface area contributed by atoms with E-state index in [-0.39, 0.29) is 0 Å². The maximum Gasteiger partial charge on any atom is 0.184 e. The van der Waals surface area contributed by atoms with Crippen molar-refractivity contribution in [1.29, 1.82) is 0 Å². The third kappa shape index (κ3) is 3.70. The van der Waals surface area contributed by atoms with Gasteiger partial charge in [-0.3, -0.25) is 0 Å². The smallest absolute Gasteiger partial charge is 0.184 e. The third-order valence-electron chi connectivity index (χ3n) is 6.11. The van der Waals surface area contributed by atoms with Gasteiger partial charge < -0.3 is 9.72 Å². The summed E-state index contributed by atoms with van der Waals surface area (Å²) in [4.78, 5) is 9.40. The van der Waals surface area contributed by atoms with Crippen molar-refractivity contribution in [2.45, 2.75) is 44.6 Å². The first-order chi connectivity index (χ1) is 15.3. The fourth-order valence-corrected chi connectivity index (χ4v) is 5.49. The highest BCUT2D eigenvalue weighted by Gasteiger charge is 2.15. The molecule has 1 saturated carbocycles. The number of fused-ring (bicyclic) bond motifs is 2. The summed E-state index contributed by atoms with van der Waals surface area (Å²) in [6.07, 6.45) is 15.2. The molecule has 1 fully saturated rings. The average molecular weight is 429 g/mol. The first kappa shape index (κ1) is 18.6. The van der Waals surface area contributed by atoms with Gasteiger partial charge >= 0.3 is 0 Å². The Bertz CT molecular complexity index is 1330. The van der Waals surface area contributed by atoms with Crippen molar-refractivity contribution in [2.75, 3.05) is 5.32 Å². The number of benzene rings is 1. The molecular weight excluding hydrogens is 404 g/mol. The molecule has 1 aliphatic carbocycles. The van der Waals surface area contributed by atoms with Crippen LogP contribution in [-0.4, -0.2) is 30.2 Å². The zero-order chi connectivity index (χ0) is 20.6. The molecule has 4 heterocycles. The number of anilines is 1. The second-order valence-electron chi connectivity index (χ2n) is 8.29. The van der Waals surface area contributed by atoms with Gasteiger partial charge in [0.05, 0.1) is 15.9 Å². The van der Waals surface area contributed by atoms with Crippen molar-refractivity contribution >= 4 is 32.3 Å². The fraction of sp³-hybridized carbons (Fsp3) is 0.292. The molecule has 156 valence electrons. The van der Waals surface area contributed by atoms with Crippen molar-refractivity contribution in [3.05, 3.63) is 72.4 Å². The summed E-state index contributed by atoms with van der Waals surface area (Å²) in [5.74, 6) is 0. The summed E-state index contributed by atoms with van der Waals surface area (Å²) in [7, 11) is 0. The summed E-state index contributed by atoms with van der Waals surface area (Å²) >= 11 is 1.77. The number of aromatic nitrogens is 5. The van der Waals surface area contributed by atoms with Gasteiger partial charge in [0.2, 0.25) is 0 Å². The normalized spacial score (nSPS) is 15.1. The van der Waals surface area contributed by atoms with E-state index in [4.69, 9.17) is 4.98 Å². The van der Waals surface area contributed by atoms with Crippen LogP contribution in [0, 0.1) is 0 Å². The zero-order valence-electron chi connectivity index (χ0n) is 17.2. The molecule has 0 bridgehead atoms. The highest BCUT2D eigenvalue weighted by Crippen LogP contribution is 2.30. The van der Waals surface area contributed by atoms with Crippen LogP contribution in [-0.2, 0) is 6.42 Å². The molecule has 0 aliphatic heterocycles. The largest absolute Gasteiger partial charge is 0.359 e. The minimum atomic E-state index is 0.580. The summed E-state index contributed by atoms with van der Waals surface area (Å²) in [5, 5.41) is 9.06. The van der Waals surface area contributed by atoms with Crippen LogP contribution in [0.3, 0.4) is 0 Å². The Balaban J connectivity index is 1.27. The number of imidazole rings is 1. The molecule has 6 nitrogen and oxygen atoms in total. The summed E-state index contributed by atoms with van der Waals surface area (Å²) < 4.78 is 5.26. The lowest BCUT2D eigenvalue weighted by atomic mass is 9.96. The van der Waals surface area contributed by atoms with Gasteiger partial charge in [0.25, 0.3) is 0 Å². The maximum atomic E-state index is 4.82. The molecule has 7 heteroatoms. The van der Waals surface area contributed by atoms with E-state index in [1.807, 2.05) is 35.3 Å². The van der Waals surface area contributed by atoms with E-state index in [1.165, 1.54) is 42.4 Å². The Hall–Kier alpha value is -3.19. The lowest BCUT2D eigenvalue weighted by Gasteiger charge is -2.22. The fourth-order valence-electron chi connectivity index (χ4n) is 4.48. The van der Waals surface area contributed by atoms with Gasteiger partial charge in [-0.1, -0.05) is 36.7 Å². The van der Waals surface area contributed by atoms with Crippen LogP contribution in [0.2, 0.25) is 0 Å². The lowest BCUT2D eigenvalue weighted by molar-refractivity contribution is 0.462. The highest BCUT2D eigenvalue weighted by atomic mass is 32.1. The Labute approximate surface area is 184 Å². The van der Waals surface area contributed by atoms with Crippen LogP contribution < -0.4 is 5.32 Å². The minimum absolute atomic E-state index is 0.580. The molecule has 4 aromatic heterocycles. The molecule has 1 aromatic carbocycles. The number of pyridine rings is 1. The van der Waals surface area contributed by atoms with Gasteiger partial charge in [-0.15, -0.1) is 0 Å². The molecule has 5 aromatic rings. The van der Waals surface area contributed by atoms with Crippen molar-refractivity contribution in [2.24, 2.45) is 0 Å². The highest BCUT2D eigenvalue weighted by molar-refractivity contribution is 7.22. The summed E-state index contributed by atoms with van der Waals surface area (Å²) in [6.45, 7) is 0. The van der Waals surface area contributed by atoms with Crippen molar-refractivity contribution in [3.63, 3.8) is 0 Å². The van der Waals surface area contributed by atoms with Gasteiger partial charge in [-0.05, 0) is 48.7 Å². The third-order valence-corrected chi connectivity index (χ3v) is 7.06. The average Bonchev–Trinajstić information content (AvgIpc) is 3.54. The minimum Gasteiger partial charge on any atom is -0.359 e. The molecule has 31 heavy (non-hydrogen) atoms. The maximum absolute atomic E-state index is 4.82. The Morgan fingerprint density at radius 3 is 2.90 bits per heavy atom. The van der Waals surface area contributed by atoms with E-state index in [0.717, 1.165) is 34.1 Å². The zero-order valence-corrected chi connectivity index (χ0v) is 18.1. The van der Waals surface area contributed by atoms with Crippen LogP contribution >= 0.6 is 11.3 Å². The van der Waals surface area contributed by atoms with Crippen LogP contribution in [0.4, 0.5) is 5.13 Å². The van der Waals surface area contributed by atoms with E-state index in [0.29, 0.717) is 6.04 Å². The van der Waals surface area contributed by atoms with Crippen LogP contribution in [0.5, 0.6) is 0 Å². The van der Waals surface area contributed by atoms with Crippen molar-refractivity contribution < 1.29 is 0 Å². The SMILES string of the molecule is c1cnn(-c2ccc3ncc(Cc4ccc5nc(NC6CCCCC6)sc5c4)n3c2)c1. The van der Waals surface area contributed by atoms with E-state index >= 15 is 0 Å². The molecule has 1 N–H and O–H groups in total. The number of thiazole rings is 1. The predicted molar refractivity (Wildman–Crippen MR) is 125 cm³/mol. The van der Waals surface area contributed by atoms with E-state index < -0.39 is 0 Å². The van der Waals surface area contributed by atoms with Gasteiger partial charge in [0, 0.05) is 42.9 Å². The van der Waals surface area contributed by atoms with Gasteiger partial charge in [-0.2, -0.15) is 5.10 Å². The summed E-state index contributed by atoms with van der Waals surface area (Å²) in [5.41, 5.74) is 5.48. The van der Waals surface area contributed by atoms with Crippen LogP contribution in [0.25, 0.3) is 21.6 Å². The predicted octanol–water partition coefficient (Wildman–Crippen LogP) is 5.47. The second-order valence-corrected chi connectivity index (χ2v) is 9.32. The number of nitrogens with one attached hydrogen (secondary N) is 1. The topological polar surface area (TPSA) is 60.0 Å². The van der Waals surface area contributed by atoms with Crippen LogP contribution in [0.1, 0.15) is 43.4 Å². The number of hydrogen-bond donors (Lipinski definition) is 1. The van der Waals surface area contributed by atoms with Crippen LogP contribution in [0.15, 0.2) is 61.2 Å². The summed E-state index contributed by atoms with van der Waals surface area (Å²) in [6, 6.07) is 13.2. The molecule has 0 spiro atoms. The first-order valence-electron chi connectivity index (χ1n) is 10.9. The monoisotopic (exact) mass is 428 g/mol. The van der Waals surface area contributed by atoms with Crippen molar-refractivity contribution in [1.82, 2.24) is 24.1 Å². The van der Waals surface area contributed by atoms with Gasteiger partial charge in [0.1, 0.15) is 5.65 Å². The number of rotatable bonds is 5. The molecule has 0 unspecified atom stereocenters. The van der Waals surface area contributed by atoms with E-state index in [2.05, 4.69) is 44.2 Å². The lowest BCUT2D eigenvalue weighted by Crippen LogP contribution is -2.21. The standard InChI is InChI=1S/C24H24N6S/c1-2-5-18(6-3-1)27-24-28-21-9-7-17(14-22(21)31-24)13-20-15-25-23-10-8-19(16-29(20)23)30-12-4-11-26-30/h4,7-12,14-16,18H,1-3,5-6,13H2,(H,27,28). The Kier molecular flexibility index (Phi) is 4.68. The number of nitrogens with zero attached hydrogens (tertiary/aromatic N) is 5. The Morgan fingerprint density at radius 1 is 1.10 bits per heavy atom. The van der Waals surface area contributed by atoms with E-state index in [9.17, 15) is 0 Å². The molecule has 0 atom stereocenters. The Morgan fingerprint density at radius 2 is 2.03 bits per heavy atom.